The van der Waals surface area contributed by atoms with Crippen LogP contribution >= 0.6 is 0 Å². The third kappa shape index (κ3) is 3.38. The number of alkyl halides is 3. The van der Waals surface area contributed by atoms with Crippen molar-refractivity contribution in [2.75, 3.05) is 0 Å². The highest BCUT2D eigenvalue weighted by Crippen LogP contribution is 2.32. The lowest BCUT2D eigenvalue weighted by molar-refractivity contribution is -0.137. The molecule has 0 saturated carbocycles. The van der Waals surface area contributed by atoms with Crippen LogP contribution in [0, 0.1) is 5.41 Å². The standard InChI is InChI=1S/C12H15F3N2O/c1-3-7(2)18-10-5-4-8(12(13,14)15)6-9(10)11(16)17/h4-7H,3H2,1-2H3,(H3,16,17). The van der Waals surface area contributed by atoms with E-state index in [0.29, 0.717) is 6.42 Å². The Bertz CT molecular complexity index is 443. The number of ether oxygens (including phenoxy) is 1. The minimum absolute atomic E-state index is 0.0369. The Morgan fingerprint density at radius 3 is 2.50 bits per heavy atom. The van der Waals surface area contributed by atoms with Gasteiger partial charge in [-0.15, -0.1) is 0 Å². The maximum Gasteiger partial charge on any atom is 0.416 e. The van der Waals surface area contributed by atoms with Gasteiger partial charge in [0.25, 0.3) is 0 Å². The Morgan fingerprint density at radius 2 is 2.06 bits per heavy atom. The molecule has 0 amide bonds. The van der Waals surface area contributed by atoms with E-state index < -0.39 is 17.6 Å². The molecule has 3 N–H and O–H groups in total. The summed E-state index contributed by atoms with van der Waals surface area (Å²) in [4.78, 5) is 0. The van der Waals surface area contributed by atoms with Crippen LogP contribution in [-0.4, -0.2) is 11.9 Å². The Balaban J connectivity index is 3.17. The first kappa shape index (κ1) is 14.3. The molecule has 0 aliphatic heterocycles. The van der Waals surface area contributed by atoms with Gasteiger partial charge < -0.3 is 10.5 Å². The Kier molecular flexibility index (Phi) is 4.21. The predicted octanol–water partition coefficient (Wildman–Crippen LogP) is 3.17. The van der Waals surface area contributed by atoms with Gasteiger partial charge in [0.2, 0.25) is 0 Å². The number of hydrogen-bond donors (Lipinski definition) is 2. The molecule has 0 fully saturated rings. The number of benzene rings is 1. The van der Waals surface area contributed by atoms with Crippen molar-refractivity contribution in [1.82, 2.24) is 0 Å². The highest BCUT2D eigenvalue weighted by molar-refractivity contribution is 5.97. The minimum Gasteiger partial charge on any atom is -0.490 e. The smallest absolute Gasteiger partial charge is 0.416 e. The van der Waals surface area contributed by atoms with Gasteiger partial charge in [-0.3, -0.25) is 5.41 Å². The van der Waals surface area contributed by atoms with Crippen LogP contribution in [0.15, 0.2) is 18.2 Å². The van der Waals surface area contributed by atoms with Crippen molar-refractivity contribution in [3.05, 3.63) is 29.3 Å². The molecule has 0 aliphatic carbocycles. The van der Waals surface area contributed by atoms with Gasteiger partial charge in [0.1, 0.15) is 11.6 Å². The van der Waals surface area contributed by atoms with E-state index >= 15 is 0 Å². The van der Waals surface area contributed by atoms with E-state index in [1.165, 1.54) is 6.07 Å². The normalized spacial score (nSPS) is 13.2. The van der Waals surface area contributed by atoms with Crippen LogP contribution in [0.5, 0.6) is 5.75 Å². The van der Waals surface area contributed by atoms with E-state index in [2.05, 4.69) is 0 Å². The van der Waals surface area contributed by atoms with Gasteiger partial charge in [-0.2, -0.15) is 13.2 Å². The first-order valence-electron chi connectivity index (χ1n) is 5.48. The van der Waals surface area contributed by atoms with Crippen LogP contribution in [-0.2, 0) is 6.18 Å². The van der Waals surface area contributed by atoms with Crippen molar-refractivity contribution < 1.29 is 17.9 Å². The molecule has 1 aromatic carbocycles. The van der Waals surface area contributed by atoms with Crippen LogP contribution in [0.25, 0.3) is 0 Å². The van der Waals surface area contributed by atoms with E-state index in [1.54, 1.807) is 6.92 Å². The zero-order valence-corrected chi connectivity index (χ0v) is 10.1. The third-order valence-corrected chi connectivity index (χ3v) is 2.50. The number of halogens is 3. The minimum atomic E-state index is -4.46. The molecule has 0 bridgehead atoms. The molecule has 0 aromatic heterocycles. The average molecular weight is 260 g/mol. The third-order valence-electron chi connectivity index (χ3n) is 2.50. The van der Waals surface area contributed by atoms with Gasteiger partial charge in [-0.1, -0.05) is 6.92 Å². The number of hydrogen-bond acceptors (Lipinski definition) is 2. The molecule has 0 saturated heterocycles. The molecule has 0 heterocycles. The molecule has 6 heteroatoms. The first-order chi connectivity index (χ1) is 8.25. The quantitative estimate of drug-likeness (QED) is 0.645. The van der Waals surface area contributed by atoms with Gasteiger partial charge in [-0.05, 0) is 31.5 Å². The summed E-state index contributed by atoms with van der Waals surface area (Å²) in [5.41, 5.74) is 4.40. The van der Waals surface area contributed by atoms with Crippen molar-refractivity contribution in [1.29, 1.82) is 5.41 Å². The summed E-state index contributed by atoms with van der Waals surface area (Å²) in [6.45, 7) is 3.68. The van der Waals surface area contributed by atoms with E-state index in [-0.39, 0.29) is 17.4 Å². The van der Waals surface area contributed by atoms with Crippen LogP contribution in [0.2, 0.25) is 0 Å². The highest BCUT2D eigenvalue weighted by atomic mass is 19.4. The molecule has 1 rings (SSSR count). The summed E-state index contributed by atoms with van der Waals surface area (Å²) in [6.07, 6.45) is -3.91. The fourth-order valence-electron chi connectivity index (χ4n) is 1.32. The van der Waals surface area contributed by atoms with Crippen LogP contribution < -0.4 is 10.5 Å². The lowest BCUT2D eigenvalue weighted by Crippen LogP contribution is -2.18. The molecular formula is C12H15F3N2O. The van der Waals surface area contributed by atoms with E-state index in [0.717, 1.165) is 12.1 Å². The summed E-state index contributed by atoms with van der Waals surface area (Å²) >= 11 is 0. The molecule has 1 unspecified atom stereocenters. The van der Waals surface area contributed by atoms with Crippen LogP contribution in [0.1, 0.15) is 31.4 Å². The van der Waals surface area contributed by atoms with Gasteiger partial charge in [0.15, 0.2) is 0 Å². The largest absolute Gasteiger partial charge is 0.490 e. The first-order valence-corrected chi connectivity index (χ1v) is 5.48. The predicted molar refractivity (Wildman–Crippen MR) is 62.8 cm³/mol. The van der Waals surface area contributed by atoms with Crippen molar-refractivity contribution in [3.63, 3.8) is 0 Å². The molecule has 100 valence electrons. The molecule has 0 radical (unpaired) electrons. The summed E-state index contributed by atoms with van der Waals surface area (Å²) in [5, 5.41) is 7.31. The Hall–Kier alpha value is -1.72. The second-order valence-electron chi connectivity index (χ2n) is 3.96. The van der Waals surface area contributed by atoms with E-state index in [9.17, 15) is 13.2 Å². The number of amidine groups is 1. The lowest BCUT2D eigenvalue weighted by Gasteiger charge is -2.17. The monoisotopic (exact) mass is 260 g/mol. The van der Waals surface area contributed by atoms with Gasteiger partial charge in [0, 0.05) is 0 Å². The second kappa shape index (κ2) is 5.29. The average Bonchev–Trinajstić information content (AvgIpc) is 2.27. The maximum absolute atomic E-state index is 12.5. The molecule has 18 heavy (non-hydrogen) atoms. The van der Waals surface area contributed by atoms with E-state index in [1.807, 2.05) is 6.92 Å². The van der Waals surface area contributed by atoms with Crippen molar-refractivity contribution in [2.24, 2.45) is 5.73 Å². The fraction of sp³-hybridized carbons (Fsp3) is 0.417. The summed E-state index contributed by atoms with van der Waals surface area (Å²) in [6, 6.07) is 2.95. The van der Waals surface area contributed by atoms with E-state index in [4.69, 9.17) is 15.9 Å². The topological polar surface area (TPSA) is 59.1 Å². The molecule has 0 aliphatic rings. The SMILES string of the molecule is CCC(C)Oc1ccc(C(F)(F)F)cc1C(=N)N. The van der Waals surface area contributed by atoms with Crippen LogP contribution in [0.4, 0.5) is 13.2 Å². The van der Waals surface area contributed by atoms with Crippen molar-refractivity contribution >= 4 is 5.84 Å². The maximum atomic E-state index is 12.5. The summed E-state index contributed by atoms with van der Waals surface area (Å²) < 4.78 is 43.1. The zero-order valence-electron chi connectivity index (χ0n) is 10.1. The summed E-state index contributed by atoms with van der Waals surface area (Å²) in [5.74, 6) is -0.246. The van der Waals surface area contributed by atoms with Crippen molar-refractivity contribution in [2.45, 2.75) is 32.5 Å². The zero-order chi connectivity index (χ0) is 13.9. The fourth-order valence-corrected chi connectivity index (χ4v) is 1.32. The molecule has 3 nitrogen and oxygen atoms in total. The molecule has 1 atom stereocenters. The number of nitrogens with one attached hydrogen (secondary N) is 1. The molecule has 0 spiro atoms. The lowest BCUT2D eigenvalue weighted by atomic mass is 10.1. The Morgan fingerprint density at radius 1 is 1.44 bits per heavy atom. The molecule has 1 aromatic rings. The number of nitrogen functional groups attached to an aromatic ring is 1. The molecular weight excluding hydrogens is 245 g/mol. The summed E-state index contributed by atoms with van der Waals surface area (Å²) in [7, 11) is 0. The number of nitrogens with two attached hydrogens (primary N) is 1. The number of rotatable bonds is 4. The highest BCUT2D eigenvalue weighted by Gasteiger charge is 2.31. The van der Waals surface area contributed by atoms with Gasteiger partial charge in [0.05, 0.1) is 17.2 Å². The van der Waals surface area contributed by atoms with Crippen LogP contribution in [0.3, 0.4) is 0 Å². The van der Waals surface area contributed by atoms with Gasteiger partial charge >= 0.3 is 6.18 Å². The van der Waals surface area contributed by atoms with Gasteiger partial charge in [-0.25, -0.2) is 0 Å². The Labute approximate surface area is 103 Å². The van der Waals surface area contributed by atoms with Crippen molar-refractivity contribution in [3.8, 4) is 5.75 Å². The second-order valence-corrected chi connectivity index (χ2v) is 3.96.